The maximum atomic E-state index is 13.8. The number of hydrogen-bond acceptors (Lipinski definition) is 8. The van der Waals surface area contributed by atoms with Gasteiger partial charge in [-0.05, 0) is 60.3 Å². The fourth-order valence-electron chi connectivity index (χ4n) is 5.94. The van der Waals surface area contributed by atoms with E-state index in [1.807, 2.05) is 41.2 Å². The summed E-state index contributed by atoms with van der Waals surface area (Å²) < 4.78 is 8.24. The topological polar surface area (TPSA) is 136 Å². The molecule has 11 nitrogen and oxygen atoms in total. The van der Waals surface area contributed by atoms with Crippen LogP contribution in [-0.2, 0) is 22.8 Å². The number of rotatable bonds is 13. The normalized spacial score (nSPS) is 12.6. The zero-order valence-electron chi connectivity index (χ0n) is 29.7. The Hall–Kier alpha value is -5.37. The number of carbonyl (C=O) groups excluding carboxylic acids is 4. The second-order valence-electron chi connectivity index (χ2n) is 13.6. The number of nitrogens with one attached hydrogen (secondary N) is 2. The van der Waals surface area contributed by atoms with Crippen molar-refractivity contribution in [3.8, 4) is 22.5 Å². The van der Waals surface area contributed by atoms with Crippen LogP contribution in [0.1, 0.15) is 43.6 Å². The molecule has 52 heavy (non-hydrogen) atoms. The summed E-state index contributed by atoms with van der Waals surface area (Å²) in [7, 11) is -1.31. The molecule has 0 saturated heterocycles. The summed E-state index contributed by atoms with van der Waals surface area (Å²) in [6.07, 6.45) is 3.60. The first-order chi connectivity index (χ1) is 24.9. The molecule has 266 valence electrons. The Morgan fingerprint density at radius 3 is 2.27 bits per heavy atom. The van der Waals surface area contributed by atoms with E-state index in [1.54, 1.807) is 60.8 Å². The number of thioether (sulfide) groups is 1. The molecule has 0 unspecified atom stereocenters. The molecule has 3 aromatic carbocycles. The highest BCUT2D eigenvalue weighted by molar-refractivity contribution is 7.98. The van der Waals surface area contributed by atoms with Crippen molar-refractivity contribution in [1.29, 1.82) is 0 Å². The van der Waals surface area contributed by atoms with Crippen molar-refractivity contribution in [1.82, 2.24) is 19.4 Å². The molecule has 13 heteroatoms. The first-order valence-corrected chi connectivity index (χ1v) is 21.8. The van der Waals surface area contributed by atoms with Gasteiger partial charge in [0.05, 0.1) is 29.1 Å². The molecule has 0 atom stereocenters. The zero-order valence-corrected chi connectivity index (χ0v) is 31.5. The average Bonchev–Trinajstić information content (AvgIpc) is 3.60. The molecule has 3 heterocycles. The van der Waals surface area contributed by atoms with Gasteiger partial charge in [0.15, 0.2) is 5.16 Å². The van der Waals surface area contributed by atoms with Gasteiger partial charge in [-0.2, -0.15) is 0 Å². The number of ether oxygens (including phenoxy) is 1. The third kappa shape index (κ3) is 8.06. The minimum absolute atomic E-state index is 0.0410. The van der Waals surface area contributed by atoms with Gasteiger partial charge in [-0.15, -0.1) is 0 Å². The zero-order chi connectivity index (χ0) is 37.0. The van der Waals surface area contributed by atoms with Crippen LogP contribution in [0.2, 0.25) is 25.7 Å². The van der Waals surface area contributed by atoms with Gasteiger partial charge < -0.3 is 15.4 Å². The second kappa shape index (κ2) is 15.5. The van der Waals surface area contributed by atoms with Crippen LogP contribution >= 0.6 is 11.8 Å². The van der Waals surface area contributed by atoms with E-state index in [0.29, 0.717) is 46.1 Å². The number of fused-ring (bicyclic) bond motifs is 1. The average molecular weight is 733 g/mol. The number of anilines is 2. The van der Waals surface area contributed by atoms with Gasteiger partial charge in [0.1, 0.15) is 12.5 Å². The maximum Gasteiger partial charge on any atom is 0.261 e. The van der Waals surface area contributed by atoms with Crippen LogP contribution in [0.3, 0.4) is 0 Å². The van der Waals surface area contributed by atoms with E-state index in [4.69, 9.17) is 9.72 Å². The van der Waals surface area contributed by atoms with Crippen LogP contribution in [0, 0.1) is 0 Å². The number of imidazole rings is 1. The number of aromatic nitrogens is 3. The number of amides is 4. The SMILES string of the molecule is CSc1nc(-c2cccc(NC(=O)c3ccccc3CN3C(=O)c4ccccc4C3=O)c2)c(-c2ccnc(NC(C)=O)c2)n1COCC[Si](C)(C)C. The molecule has 1 aliphatic heterocycles. The van der Waals surface area contributed by atoms with Crippen LogP contribution in [0.15, 0.2) is 96.3 Å². The number of pyridine rings is 1. The van der Waals surface area contributed by atoms with Gasteiger partial charge >= 0.3 is 0 Å². The lowest BCUT2D eigenvalue weighted by atomic mass is 10.0. The van der Waals surface area contributed by atoms with Gasteiger partial charge in [-0.3, -0.25) is 28.6 Å². The highest BCUT2D eigenvalue weighted by atomic mass is 32.2. The smallest absolute Gasteiger partial charge is 0.261 e. The van der Waals surface area contributed by atoms with E-state index in [1.165, 1.54) is 23.6 Å². The van der Waals surface area contributed by atoms with Gasteiger partial charge in [0, 0.05) is 50.2 Å². The molecule has 2 aromatic heterocycles. The summed E-state index contributed by atoms with van der Waals surface area (Å²) in [4.78, 5) is 62.4. The quantitative estimate of drug-likeness (QED) is 0.0546. The Morgan fingerprint density at radius 2 is 1.58 bits per heavy atom. The molecule has 0 saturated carbocycles. The highest BCUT2D eigenvalue weighted by Gasteiger charge is 2.35. The Morgan fingerprint density at radius 1 is 0.865 bits per heavy atom. The summed E-state index contributed by atoms with van der Waals surface area (Å²) in [5.41, 5.74) is 5.11. The standard InChI is InChI=1S/C39H40N6O5SSi/c1-25(46)41-33-22-27(17-18-40-33)35-34(43-39(51-2)45(35)24-50-19-20-52(3,4)5)26-12-10-13-29(21-26)42-36(47)30-14-7-6-11-28(30)23-44-37(48)31-15-8-9-16-32(31)38(44)49/h6-18,21-22H,19-20,23-24H2,1-5H3,(H,42,47)(H,40,41,46). The number of nitrogens with zero attached hydrogens (tertiary/aromatic N) is 4. The molecule has 4 amide bonds. The molecule has 0 spiro atoms. The number of hydrogen-bond donors (Lipinski definition) is 2. The second-order valence-corrected chi connectivity index (χ2v) is 20.0. The highest BCUT2D eigenvalue weighted by Crippen LogP contribution is 2.37. The van der Waals surface area contributed by atoms with Crippen molar-refractivity contribution in [2.24, 2.45) is 0 Å². The monoisotopic (exact) mass is 732 g/mol. The number of benzene rings is 3. The maximum absolute atomic E-state index is 13.8. The van der Waals surface area contributed by atoms with E-state index >= 15 is 0 Å². The van der Waals surface area contributed by atoms with Gasteiger partial charge in [-0.25, -0.2) is 9.97 Å². The minimum Gasteiger partial charge on any atom is -0.361 e. The molecule has 0 bridgehead atoms. The largest absolute Gasteiger partial charge is 0.361 e. The van der Waals surface area contributed by atoms with E-state index in [9.17, 15) is 19.2 Å². The summed E-state index contributed by atoms with van der Waals surface area (Å²) in [6, 6.07) is 25.8. The molecule has 0 radical (unpaired) electrons. The third-order valence-electron chi connectivity index (χ3n) is 8.53. The molecule has 0 aliphatic carbocycles. The van der Waals surface area contributed by atoms with E-state index in [2.05, 4.69) is 35.3 Å². The predicted molar refractivity (Wildman–Crippen MR) is 206 cm³/mol. The lowest BCUT2D eigenvalue weighted by Crippen LogP contribution is -2.30. The molecular formula is C39H40N6O5SSi. The summed E-state index contributed by atoms with van der Waals surface area (Å²) in [5.74, 6) is -0.974. The fraction of sp³-hybridized carbons (Fsp3) is 0.231. The van der Waals surface area contributed by atoms with Crippen molar-refractivity contribution >= 4 is 55.0 Å². The minimum atomic E-state index is -1.31. The van der Waals surface area contributed by atoms with Crippen LogP contribution in [0.25, 0.3) is 22.5 Å². The van der Waals surface area contributed by atoms with Crippen molar-refractivity contribution in [2.75, 3.05) is 23.5 Å². The van der Waals surface area contributed by atoms with Crippen LogP contribution in [-0.4, -0.2) is 64.0 Å². The first-order valence-electron chi connectivity index (χ1n) is 16.8. The summed E-state index contributed by atoms with van der Waals surface area (Å²) >= 11 is 1.49. The molecule has 2 N–H and O–H groups in total. The van der Waals surface area contributed by atoms with Crippen molar-refractivity contribution in [2.45, 2.75) is 51.0 Å². The fourth-order valence-corrected chi connectivity index (χ4v) is 7.24. The Balaban J connectivity index is 1.31. The molecule has 6 rings (SSSR count). The van der Waals surface area contributed by atoms with E-state index in [-0.39, 0.29) is 36.9 Å². The van der Waals surface area contributed by atoms with Crippen LogP contribution < -0.4 is 10.6 Å². The predicted octanol–water partition coefficient (Wildman–Crippen LogP) is 7.65. The molecule has 1 aliphatic rings. The Labute approximate surface area is 307 Å². The number of carbonyl (C=O) groups is 4. The third-order valence-corrected chi connectivity index (χ3v) is 10.9. The molecular weight excluding hydrogens is 693 g/mol. The van der Waals surface area contributed by atoms with Crippen molar-refractivity contribution < 1.29 is 23.9 Å². The lowest BCUT2D eigenvalue weighted by Gasteiger charge is -2.17. The molecule has 0 fully saturated rings. The number of imide groups is 1. The van der Waals surface area contributed by atoms with Crippen molar-refractivity contribution in [3.63, 3.8) is 0 Å². The van der Waals surface area contributed by atoms with E-state index in [0.717, 1.165) is 28.0 Å². The van der Waals surface area contributed by atoms with Crippen molar-refractivity contribution in [3.05, 3.63) is 113 Å². The summed E-state index contributed by atoms with van der Waals surface area (Å²) in [5, 5.41) is 6.52. The first kappa shape index (κ1) is 36.4. The van der Waals surface area contributed by atoms with Gasteiger partial charge in [-0.1, -0.05) is 73.9 Å². The van der Waals surface area contributed by atoms with Gasteiger partial charge in [0.25, 0.3) is 17.7 Å². The molecule has 5 aromatic rings. The summed E-state index contributed by atoms with van der Waals surface area (Å²) in [6.45, 7) is 9.23. The van der Waals surface area contributed by atoms with E-state index < -0.39 is 8.07 Å². The lowest BCUT2D eigenvalue weighted by molar-refractivity contribution is -0.114. The Kier molecular flexibility index (Phi) is 10.8. The van der Waals surface area contributed by atoms with Gasteiger partial charge in [0.2, 0.25) is 5.91 Å². The Bertz CT molecular complexity index is 2140. The van der Waals surface area contributed by atoms with Crippen LogP contribution in [0.4, 0.5) is 11.5 Å². The van der Waals surface area contributed by atoms with Crippen LogP contribution in [0.5, 0.6) is 0 Å².